The molecule has 0 radical (unpaired) electrons. The van der Waals surface area contributed by atoms with E-state index in [1.807, 2.05) is 45.0 Å². The zero-order valence-electron chi connectivity index (χ0n) is 21.7. The number of hydrogen-bond donors (Lipinski definition) is 1. The average molecular weight is 478 g/mol. The third-order valence-electron chi connectivity index (χ3n) is 6.80. The van der Waals surface area contributed by atoms with Crippen LogP contribution in [0.25, 0.3) is 0 Å². The molecule has 186 valence electrons. The van der Waals surface area contributed by atoms with Gasteiger partial charge in [-0.2, -0.15) is 0 Å². The van der Waals surface area contributed by atoms with Gasteiger partial charge < -0.3 is 15.1 Å². The van der Waals surface area contributed by atoms with E-state index < -0.39 is 5.54 Å². The molecule has 4 rings (SSSR count). The maximum atomic E-state index is 13.5. The number of rotatable bonds is 5. The monoisotopic (exact) mass is 477 g/mol. The van der Waals surface area contributed by atoms with Crippen LogP contribution in [0.3, 0.4) is 0 Å². The highest BCUT2D eigenvalue weighted by Crippen LogP contribution is 2.44. The number of carbonyl (C=O) groups is 3. The highest BCUT2D eigenvalue weighted by molar-refractivity contribution is 6.23. The van der Waals surface area contributed by atoms with Crippen LogP contribution in [0.4, 0.5) is 16.2 Å². The van der Waals surface area contributed by atoms with E-state index in [-0.39, 0.29) is 35.3 Å². The summed E-state index contributed by atoms with van der Waals surface area (Å²) in [6, 6.07) is 8.85. The van der Waals surface area contributed by atoms with E-state index >= 15 is 0 Å². The molecular formula is C27H35N5O3. The van der Waals surface area contributed by atoms with Crippen LogP contribution in [-0.4, -0.2) is 51.9 Å². The molecule has 0 atom stereocenters. The first-order valence-electron chi connectivity index (χ1n) is 12.0. The first kappa shape index (κ1) is 24.9. The molecule has 0 unspecified atom stereocenters. The molecule has 0 saturated carbocycles. The molecule has 2 aliphatic heterocycles. The molecule has 0 aliphatic carbocycles. The lowest BCUT2D eigenvalue weighted by Gasteiger charge is -2.27. The van der Waals surface area contributed by atoms with Crippen molar-refractivity contribution in [2.45, 2.75) is 71.5 Å². The lowest BCUT2D eigenvalue weighted by atomic mass is 9.87. The second kappa shape index (κ2) is 8.45. The van der Waals surface area contributed by atoms with E-state index in [1.54, 1.807) is 42.1 Å². The zero-order valence-corrected chi connectivity index (χ0v) is 21.7. The van der Waals surface area contributed by atoms with E-state index in [1.165, 1.54) is 4.90 Å². The average Bonchev–Trinajstić information content (AvgIpc) is 3.14. The Labute approximate surface area is 207 Å². The topological polar surface area (TPSA) is 85.8 Å². The maximum Gasteiger partial charge on any atom is 0.332 e. The highest BCUT2D eigenvalue weighted by Gasteiger charge is 2.52. The van der Waals surface area contributed by atoms with Crippen LogP contribution in [0.15, 0.2) is 42.7 Å². The molecule has 2 aliphatic rings. The number of aromatic nitrogens is 1. The third kappa shape index (κ3) is 4.55. The first-order chi connectivity index (χ1) is 16.2. The van der Waals surface area contributed by atoms with Gasteiger partial charge in [-0.05, 0) is 70.0 Å². The van der Waals surface area contributed by atoms with Gasteiger partial charge in [0.05, 0.1) is 12.2 Å². The van der Waals surface area contributed by atoms with Crippen LogP contribution in [0.2, 0.25) is 0 Å². The largest absolute Gasteiger partial charge is 0.332 e. The predicted molar refractivity (Wildman–Crippen MR) is 136 cm³/mol. The van der Waals surface area contributed by atoms with Gasteiger partial charge in [0.1, 0.15) is 5.54 Å². The number of pyridine rings is 1. The van der Waals surface area contributed by atoms with Crippen molar-refractivity contribution in [3.8, 4) is 0 Å². The molecule has 2 aromatic rings. The van der Waals surface area contributed by atoms with Gasteiger partial charge in [0, 0.05) is 42.1 Å². The molecule has 1 N–H and O–H groups in total. The van der Waals surface area contributed by atoms with Gasteiger partial charge in [0.15, 0.2) is 0 Å². The molecule has 0 bridgehead atoms. The number of imide groups is 1. The predicted octanol–water partition coefficient (Wildman–Crippen LogP) is 3.84. The molecule has 1 fully saturated rings. The number of nitrogens with zero attached hydrogens (tertiary/aromatic N) is 4. The highest BCUT2D eigenvalue weighted by atomic mass is 16.2. The molecule has 4 amide bonds. The Kier molecular flexibility index (Phi) is 6.00. The number of benzene rings is 1. The molecule has 0 spiro atoms. The summed E-state index contributed by atoms with van der Waals surface area (Å²) in [6.07, 6.45) is 3.34. The van der Waals surface area contributed by atoms with Crippen molar-refractivity contribution < 1.29 is 14.4 Å². The van der Waals surface area contributed by atoms with Gasteiger partial charge in [-0.25, -0.2) is 9.69 Å². The van der Waals surface area contributed by atoms with Crippen LogP contribution >= 0.6 is 0 Å². The Morgan fingerprint density at radius 1 is 1.06 bits per heavy atom. The summed E-state index contributed by atoms with van der Waals surface area (Å²) in [4.78, 5) is 48.8. The van der Waals surface area contributed by atoms with E-state index in [0.717, 1.165) is 16.8 Å². The van der Waals surface area contributed by atoms with Crippen molar-refractivity contribution in [3.63, 3.8) is 0 Å². The number of carbonyl (C=O) groups excluding carboxylic acids is 3. The number of fused-ring (bicyclic) bond motifs is 1. The number of urea groups is 1. The van der Waals surface area contributed by atoms with Crippen molar-refractivity contribution in [1.82, 2.24) is 15.2 Å². The van der Waals surface area contributed by atoms with Gasteiger partial charge >= 0.3 is 6.03 Å². The number of hydrogen-bond acceptors (Lipinski definition) is 5. The number of nitrogens with one attached hydrogen (secondary N) is 1. The minimum atomic E-state index is -1.01. The van der Waals surface area contributed by atoms with Crippen LogP contribution < -0.4 is 15.1 Å². The molecule has 35 heavy (non-hydrogen) atoms. The van der Waals surface area contributed by atoms with Crippen molar-refractivity contribution in [1.29, 1.82) is 0 Å². The number of amides is 4. The fourth-order valence-electron chi connectivity index (χ4n) is 4.68. The summed E-state index contributed by atoms with van der Waals surface area (Å²) >= 11 is 0. The third-order valence-corrected chi connectivity index (χ3v) is 6.80. The molecule has 8 heteroatoms. The van der Waals surface area contributed by atoms with Crippen LogP contribution in [0.5, 0.6) is 0 Å². The van der Waals surface area contributed by atoms with Crippen molar-refractivity contribution in [2.75, 3.05) is 22.9 Å². The summed E-state index contributed by atoms with van der Waals surface area (Å²) in [5.41, 5.74) is 1.71. The quantitative estimate of drug-likeness (QED) is 0.662. The Bertz CT molecular complexity index is 1170. The molecular weight excluding hydrogens is 442 g/mol. The Hall–Kier alpha value is -3.26. The summed E-state index contributed by atoms with van der Waals surface area (Å²) in [5, 5.41) is 3.26. The van der Waals surface area contributed by atoms with Crippen LogP contribution in [-0.2, 0) is 21.5 Å². The second-order valence-corrected chi connectivity index (χ2v) is 11.6. The minimum Gasteiger partial charge on any atom is -0.310 e. The fraction of sp³-hybridized carbons (Fsp3) is 0.481. The van der Waals surface area contributed by atoms with E-state index in [0.29, 0.717) is 18.8 Å². The Morgan fingerprint density at radius 3 is 2.34 bits per heavy atom. The normalized spacial score (nSPS) is 18.9. The van der Waals surface area contributed by atoms with E-state index in [4.69, 9.17) is 0 Å². The van der Waals surface area contributed by atoms with Crippen LogP contribution in [0, 0.1) is 0 Å². The Morgan fingerprint density at radius 2 is 1.71 bits per heavy atom. The fourth-order valence-corrected chi connectivity index (χ4v) is 4.68. The lowest BCUT2D eigenvalue weighted by Crippen LogP contribution is -2.45. The SMILES string of the molecule is CC(C)(C)NCC(=O)N1CC(C)(C)c2ccc(N3C(=O)N(Cc4ccncc4)C(C)(C)C3=O)cc21. The molecule has 1 saturated heterocycles. The van der Waals surface area contributed by atoms with Crippen molar-refractivity contribution in [2.24, 2.45) is 0 Å². The zero-order chi connectivity index (χ0) is 25.8. The number of anilines is 2. The first-order valence-corrected chi connectivity index (χ1v) is 12.0. The molecule has 8 nitrogen and oxygen atoms in total. The second-order valence-electron chi connectivity index (χ2n) is 11.6. The summed E-state index contributed by atoms with van der Waals surface area (Å²) in [6.45, 7) is 14.8. The van der Waals surface area contributed by atoms with Gasteiger partial charge in [-0.1, -0.05) is 19.9 Å². The van der Waals surface area contributed by atoms with Gasteiger partial charge in [-0.3, -0.25) is 14.6 Å². The summed E-state index contributed by atoms with van der Waals surface area (Å²) < 4.78 is 0. The summed E-state index contributed by atoms with van der Waals surface area (Å²) in [5.74, 6) is -0.330. The molecule has 1 aromatic heterocycles. The van der Waals surface area contributed by atoms with Crippen molar-refractivity contribution >= 4 is 29.2 Å². The van der Waals surface area contributed by atoms with Gasteiger partial charge in [0.2, 0.25) is 5.91 Å². The smallest absolute Gasteiger partial charge is 0.310 e. The molecule has 1 aromatic carbocycles. The van der Waals surface area contributed by atoms with Gasteiger partial charge in [0.25, 0.3) is 5.91 Å². The van der Waals surface area contributed by atoms with Gasteiger partial charge in [-0.15, -0.1) is 0 Å². The summed E-state index contributed by atoms with van der Waals surface area (Å²) in [7, 11) is 0. The molecule has 3 heterocycles. The van der Waals surface area contributed by atoms with E-state index in [2.05, 4.69) is 24.1 Å². The maximum absolute atomic E-state index is 13.5. The van der Waals surface area contributed by atoms with Crippen LogP contribution in [0.1, 0.15) is 59.6 Å². The van der Waals surface area contributed by atoms with E-state index in [9.17, 15) is 14.4 Å². The standard InChI is InChI=1S/C27H35N5O3/c1-25(2,3)29-15-22(33)30-17-26(4,5)20-9-8-19(14-21(20)30)32-23(34)27(6,7)31(24(32)35)16-18-10-12-28-13-11-18/h8-14,29H,15-17H2,1-7H3. The Balaban J connectivity index is 1.66. The lowest BCUT2D eigenvalue weighted by molar-refractivity contribution is -0.123. The minimum absolute atomic E-state index is 0.0392. The van der Waals surface area contributed by atoms with Crippen molar-refractivity contribution in [3.05, 3.63) is 53.9 Å².